The first-order valence-corrected chi connectivity index (χ1v) is 7.38. The number of likely N-dealkylation sites (N-methyl/N-ethyl adjacent to an activating group) is 1. The summed E-state index contributed by atoms with van der Waals surface area (Å²) in [5.74, 6) is 0.0883. The zero-order valence-electron chi connectivity index (χ0n) is 12.7. The van der Waals surface area contributed by atoms with Crippen LogP contribution in [0.2, 0.25) is 0 Å². The second kappa shape index (κ2) is 7.88. The van der Waals surface area contributed by atoms with Gasteiger partial charge in [0.25, 0.3) is 0 Å². The standard InChI is InChI=1S/C15H25N3O2/c1-11(9-16)10-18(3)15(20)12(2)17-14(19)8-13-6-4-5-7-13/h11-13H,4-8,10H2,1-3H3,(H,17,19)/t11-,12+/m0/s1. The molecule has 0 radical (unpaired) electrons. The molecule has 0 bridgehead atoms. The van der Waals surface area contributed by atoms with E-state index in [1.54, 1.807) is 20.9 Å². The van der Waals surface area contributed by atoms with Crippen molar-refractivity contribution < 1.29 is 9.59 Å². The van der Waals surface area contributed by atoms with Crippen LogP contribution in [0.15, 0.2) is 0 Å². The van der Waals surface area contributed by atoms with Crippen LogP contribution in [0.4, 0.5) is 0 Å². The van der Waals surface area contributed by atoms with Crippen LogP contribution >= 0.6 is 0 Å². The molecule has 2 atom stereocenters. The van der Waals surface area contributed by atoms with Gasteiger partial charge in [-0.3, -0.25) is 9.59 Å². The fraction of sp³-hybridized carbons (Fsp3) is 0.800. The molecular formula is C15H25N3O2. The minimum Gasteiger partial charge on any atom is -0.345 e. The molecule has 0 aromatic rings. The lowest BCUT2D eigenvalue weighted by Crippen LogP contribution is -2.46. The number of nitriles is 1. The van der Waals surface area contributed by atoms with E-state index >= 15 is 0 Å². The van der Waals surface area contributed by atoms with Crippen molar-refractivity contribution in [3.63, 3.8) is 0 Å². The van der Waals surface area contributed by atoms with Gasteiger partial charge < -0.3 is 10.2 Å². The Bertz CT molecular complexity index is 383. The van der Waals surface area contributed by atoms with E-state index < -0.39 is 6.04 Å². The maximum absolute atomic E-state index is 12.1. The molecular weight excluding hydrogens is 254 g/mol. The van der Waals surface area contributed by atoms with Crippen LogP contribution in [-0.4, -0.2) is 36.3 Å². The van der Waals surface area contributed by atoms with Gasteiger partial charge in [-0.1, -0.05) is 12.8 Å². The number of nitrogens with zero attached hydrogens (tertiary/aromatic N) is 2. The Balaban J connectivity index is 2.36. The van der Waals surface area contributed by atoms with Gasteiger partial charge in [0, 0.05) is 20.0 Å². The highest BCUT2D eigenvalue weighted by molar-refractivity contribution is 5.87. The van der Waals surface area contributed by atoms with Crippen LogP contribution in [0.1, 0.15) is 46.0 Å². The molecule has 1 rings (SSSR count). The van der Waals surface area contributed by atoms with Crippen LogP contribution in [-0.2, 0) is 9.59 Å². The average molecular weight is 279 g/mol. The number of rotatable bonds is 6. The highest BCUT2D eigenvalue weighted by atomic mass is 16.2. The Morgan fingerprint density at radius 2 is 1.95 bits per heavy atom. The zero-order chi connectivity index (χ0) is 15.1. The van der Waals surface area contributed by atoms with Crippen LogP contribution < -0.4 is 5.32 Å². The smallest absolute Gasteiger partial charge is 0.244 e. The molecule has 0 unspecified atom stereocenters. The van der Waals surface area contributed by atoms with E-state index in [9.17, 15) is 9.59 Å². The number of carbonyl (C=O) groups excluding carboxylic acids is 2. The lowest BCUT2D eigenvalue weighted by molar-refractivity contribution is -0.135. The SMILES string of the molecule is C[C@@H](C#N)CN(C)C(=O)[C@@H](C)NC(=O)CC1CCCC1. The van der Waals surface area contributed by atoms with Gasteiger partial charge in [-0.25, -0.2) is 0 Å². The van der Waals surface area contributed by atoms with Crippen molar-refractivity contribution in [1.29, 1.82) is 5.26 Å². The second-order valence-corrected chi connectivity index (χ2v) is 5.89. The van der Waals surface area contributed by atoms with Crippen molar-refractivity contribution in [3.8, 4) is 6.07 Å². The molecule has 0 heterocycles. The third-order valence-corrected chi connectivity index (χ3v) is 3.84. The number of hydrogen-bond acceptors (Lipinski definition) is 3. The molecule has 1 aliphatic rings. The van der Waals surface area contributed by atoms with Crippen LogP contribution in [0, 0.1) is 23.2 Å². The highest BCUT2D eigenvalue weighted by Gasteiger charge is 2.23. The van der Waals surface area contributed by atoms with Gasteiger partial charge in [0.15, 0.2) is 0 Å². The van der Waals surface area contributed by atoms with E-state index in [0.29, 0.717) is 18.9 Å². The molecule has 112 valence electrons. The number of nitrogens with one attached hydrogen (secondary N) is 1. The fourth-order valence-corrected chi connectivity index (χ4v) is 2.71. The molecule has 20 heavy (non-hydrogen) atoms. The summed E-state index contributed by atoms with van der Waals surface area (Å²) in [7, 11) is 1.66. The summed E-state index contributed by atoms with van der Waals surface area (Å²) < 4.78 is 0. The van der Waals surface area contributed by atoms with Crippen molar-refractivity contribution in [3.05, 3.63) is 0 Å². The van der Waals surface area contributed by atoms with E-state index in [1.165, 1.54) is 17.7 Å². The summed E-state index contributed by atoms with van der Waals surface area (Å²) in [6, 6.07) is 1.57. The maximum Gasteiger partial charge on any atom is 0.244 e. The molecule has 0 aromatic heterocycles. The first-order valence-electron chi connectivity index (χ1n) is 7.38. The molecule has 1 fully saturated rings. The van der Waals surface area contributed by atoms with Crippen molar-refractivity contribution in [1.82, 2.24) is 10.2 Å². The summed E-state index contributed by atoms with van der Waals surface area (Å²) in [6.07, 6.45) is 5.18. The third-order valence-electron chi connectivity index (χ3n) is 3.84. The van der Waals surface area contributed by atoms with Crippen molar-refractivity contribution >= 4 is 11.8 Å². The quantitative estimate of drug-likeness (QED) is 0.804. The van der Waals surface area contributed by atoms with E-state index in [1.807, 2.05) is 0 Å². The normalized spacial score (nSPS) is 18.1. The first-order chi connectivity index (χ1) is 9.43. The van der Waals surface area contributed by atoms with Crippen molar-refractivity contribution in [2.45, 2.75) is 52.0 Å². The van der Waals surface area contributed by atoms with Crippen LogP contribution in [0.25, 0.3) is 0 Å². The van der Waals surface area contributed by atoms with Gasteiger partial charge in [-0.05, 0) is 32.6 Å². The Morgan fingerprint density at radius 3 is 2.50 bits per heavy atom. The summed E-state index contributed by atoms with van der Waals surface area (Å²) in [5, 5.41) is 11.5. The molecule has 0 saturated heterocycles. The van der Waals surface area contributed by atoms with E-state index in [-0.39, 0.29) is 17.7 Å². The first kappa shape index (κ1) is 16.5. The lowest BCUT2D eigenvalue weighted by atomic mass is 10.0. The maximum atomic E-state index is 12.1. The third kappa shape index (κ3) is 5.20. The molecule has 1 saturated carbocycles. The van der Waals surface area contributed by atoms with Gasteiger partial charge in [0.1, 0.15) is 6.04 Å². The summed E-state index contributed by atoms with van der Waals surface area (Å²) in [6.45, 7) is 3.85. The van der Waals surface area contributed by atoms with Gasteiger partial charge >= 0.3 is 0 Å². The van der Waals surface area contributed by atoms with Crippen LogP contribution in [0.3, 0.4) is 0 Å². The fourth-order valence-electron chi connectivity index (χ4n) is 2.71. The van der Waals surface area contributed by atoms with Crippen molar-refractivity contribution in [2.75, 3.05) is 13.6 Å². The zero-order valence-corrected chi connectivity index (χ0v) is 12.7. The molecule has 0 aromatic carbocycles. The van der Waals surface area contributed by atoms with Gasteiger partial charge in [-0.2, -0.15) is 5.26 Å². The average Bonchev–Trinajstić information content (AvgIpc) is 2.89. The Kier molecular flexibility index (Phi) is 6.50. The summed E-state index contributed by atoms with van der Waals surface area (Å²) in [5.41, 5.74) is 0. The Hall–Kier alpha value is -1.57. The summed E-state index contributed by atoms with van der Waals surface area (Å²) in [4.78, 5) is 25.5. The van der Waals surface area contributed by atoms with E-state index in [4.69, 9.17) is 5.26 Å². The second-order valence-electron chi connectivity index (χ2n) is 5.89. The molecule has 2 amide bonds. The minimum absolute atomic E-state index is 0.0421. The van der Waals surface area contributed by atoms with Gasteiger partial charge in [0.05, 0.1) is 12.0 Å². The summed E-state index contributed by atoms with van der Waals surface area (Å²) >= 11 is 0. The number of hydrogen-bond donors (Lipinski definition) is 1. The van der Waals surface area contributed by atoms with E-state index in [0.717, 1.165) is 12.8 Å². The number of carbonyl (C=O) groups is 2. The largest absolute Gasteiger partial charge is 0.345 e. The van der Waals surface area contributed by atoms with Gasteiger partial charge in [0.2, 0.25) is 11.8 Å². The van der Waals surface area contributed by atoms with Crippen LogP contribution in [0.5, 0.6) is 0 Å². The van der Waals surface area contributed by atoms with E-state index in [2.05, 4.69) is 11.4 Å². The number of amides is 2. The lowest BCUT2D eigenvalue weighted by Gasteiger charge is -2.23. The minimum atomic E-state index is -0.528. The van der Waals surface area contributed by atoms with Crippen molar-refractivity contribution in [2.24, 2.45) is 11.8 Å². The van der Waals surface area contributed by atoms with Gasteiger partial charge in [-0.15, -0.1) is 0 Å². The molecule has 1 aliphatic carbocycles. The molecule has 5 nitrogen and oxygen atoms in total. The predicted molar refractivity (Wildman–Crippen MR) is 76.6 cm³/mol. The molecule has 1 N–H and O–H groups in total. The molecule has 0 aliphatic heterocycles. The Labute approximate surface area is 121 Å². The molecule has 0 spiro atoms. The predicted octanol–water partition coefficient (Wildman–Crippen LogP) is 1.69. The molecule has 5 heteroatoms. The topological polar surface area (TPSA) is 73.2 Å². The monoisotopic (exact) mass is 279 g/mol. The highest BCUT2D eigenvalue weighted by Crippen LogP contribution is 2.27. The Morgan fingerprint density at radius 1 is 1.35 bits per heavy atom.